The zero-order chi connectivity index (χ0) is 14.0. The van der Waals surface area contributed by atoms with Gasteiger partial charge in [0.15, 0.2) is 11.6 Å². The van der Waals surface area contributed by atoms with E-state index in [2.05, 4.69) is 5.32 Å². The maximum Gasteiger partial charge on any atom is 0.246 e. The predicted octanol–water partition coefficient (Wildman–Crippen LogP) is 1.51. The molecule has 0 saturated carbocycles. The van der Waals surface area contributed by atoms with Crippen LogP contribution in [0.4, 0.5) is 13.2 Å². The molecule has 0 aliphatic carbocycles. The number of nitrogens with one attached hydrogen (secondary N) is 1. The van der Waals surface area contributed by atoms with Crippen LogP contribution in [0.5, 0.6) is 0 Å². The Morgan fingerprint density at radius 1 is 1.00 bits per heavy atom. The second-order valence-corrected chi connectivity index (χ2v) is 6.11. The van der Waals surface area contributed by atoms with Crippen LogP contribution in [0, 0.1) is 17.5 Å². The first-order valence-corrected chi connectivity index (χ1v) is 7.22. The highest BCUT2D eigenvalue weighted by Gasteiger charge is 2.29. The average molecular weight is 331 g/mol. The summed E-state index contributed by atoms with van der Waals surface area (Å²) < 4.78 is 64.9. The Balaban J connectivity index is 0.00000200. The third-order valence-electron chi connectivity index (χ3n) is 2.89. The van der Waals surface area contributed by atoms with Crippen molar-refractivity contribution in [2.75, 3.05) is 26.2 Å². The van der Waals surface area contributed by atoms with Gasteiger partial charge >= 0.3 is 0 Å². The first-order chi connectivity index (χ1) is 8.93. The number of rotatable bonds is 2. The van der Waals surface area contributed by atoms with Gasteiger partial charge in [-0.15, -0.1) is 12.4 Å². The zero-order valence-electron chi connectivity index (χ0n) is 10.4. The zero-order valence-corrected chi connectivity index (χ0v) is 12.0. The molecule has 1 heterocycles. The highest BCUT2D eigenvalue weighted by Crippen LogP contribution is 2.22. The Morgan fingerprint density at radius 2 is 1.65 bits per heavy atom. The SMILES string of the molecule is Cl.O=S(=O)(c1cc(F)c(F)cc1F)N1CCCNCC1. The Bertz CT molecular complexity index is 575. The van der Waals surface area contributed by atoms with E-state index in [0.29, 0.717) is 25.6 Å². The normalized spacial score (nSPS) is 17.4. The molecule has 1 N–H and O–H groups in total. The molecular formula is C11H14ClF3N2O2S. The van der Waals surface area contributed by atoms with Gasteiger partial charge in [0.05, 0.1) is 0 Å². The Morgan fingerprint density at radius 3 is 2.35 bits per heavy atom. The van der Waals surface area contributed by atoms with Gasteiger partial charge in [-0.25, -0.2) is 21.6 Å². The first-order valence-electron chi connectivity index (χ1n) is 5.78. The van der Waals surface area contributed by atoms with E-state index in [0.717, 1.165) is 4.31 Å². The van der Waals surface area contributed by atoms with Crippen molar-refractivity contribution in [3.63, 3.8) is 0 Å². The summed E-state index contributed by atoms with van der Waals surface area (Å²) in [6.07, 6.45) is 0.574. The molecule has 4 nitrogen and oxygen atoms in total. The van der Waals surface area contributed by atoms with E-state index >= 15 is 0 Å². The highest BCUT2D eigenvalue weighted by atomic mass is 35.5. The van der Waals surface area contributed by atoms with Crippen LogP contribution in [0.1, 0.15) is 6.42 Å². The molecule has 20 heavy (non-hydrogen) atoms. The molecule has 1 aromatic rings. The molecule has 1 saturated heterocycles. The van der Waals surface area contributed by atoms with Crippen molar-refractivity contribution in [1.82, 2.24) is 9.62 Å². The van der Waals surface area contributed by atoms with Gasteiger partial charge < -0.3 is 5.32 Å². The smallest absolute Gasteiger partial charge is 0.246 e. The van der Waals surface area contributed by atoms with Crippen LogP contribution >= 0.6 is 12.4 Å². The molecule has 0 bridgehead atoms. The Labute approximate surface area is 121 Å². The van der Waals surface area contributed by atoms with Crippen LogP contribution in [0.25, 0.3) is 0 Å². The van der Waals surface area contributed by atoms with Crippen molar-refractivity contribution in [2.24, 2.45) is 0 Å². The molecule has 0 unspecified atom stereocenters. The molecule has 1 aliphatic heterocycles. The monoisotopic (exact) mass is 330 g/mol. The Kier molecular flexibility index (Phi) is 5.81. The van der Waals surface area contributed by atoms with Crippen molar-refractivity contribution in [3.05, 3.63) is 29.6 Å². The van der Waals surface area contributed by atoms with Crippen LogP contribution in [0.15, 0.2) is 17.0 Å². The van der Waals surface area contributed by atoms with E-state index in [-0.39, 0.29) is 31.6 Å². The van der Waals surface area contributed by atoms with E-state index in [1.807, 2.05) is 0 Å². The molecule has 9 heteroatoms. The van der Waals surface area contributed by atoms with Crippen LogP contribution < -0.4 is 5.32 Å². The largest absolute Gasteiger partial charge is 0.315 e. The van der Waals surface area contributed by atoms with Crippen molar-refractivity contribution < 1.29 is 21.6 Å². The minimum atomic E-state index is -4.14. The highest BCUT2D eigenvalue weighted by molar-refractivity contribution is 7.89. The summed E-state index contributed by atoms with van der Waals surface area (Å²) >= 11 is 0. The molecule has 0 atom stereocenters. The lowest BCUT2D eigenvalue weighted by Crippen LogP contribution is -2.34. The molecule has 1 aromatic carbocycles. The fourth-order valence-corrected chi connectivity index (χ4v) is 3.44. The van der Waals surface area contributed by atoms with Crippen molar-refractivity contribution in [1.29, 1.82) is 0 Å². The maximum atomic E-state index is 13.6. The molecule has 114 valence electrons. The lowest BCUT2D eigenvalue weighted by Gasteiger charge is -2.20. The van der Waals surface area contributed by atoms with Gasteiger partial charge in [0, 0.05) is 25.7 Å². The van der Waals surface area contributed by atoms with E-state index < -0.39 is 32.4 Å². The number of sulfonamides is 1. The van der Waals surface area contributed by atoms with Crippen LogP contribution in [0.3, 0.4) is 0 Å². The third kappa shape index (κ3) is 3.43. The quantitative estimate of drug-likeness (QED) is 0.836. The topological polar surface area (TPSA) is 49.4 Å². The molecule has 0 spiro atoms. The van der Waals surface area contributed by atoms with Gasteiger partial charge in [-0.05, 0) is 19.0 Å². The molecule has 0 amide bonds. The number of benzene rings is 1. The fraction of sp³-hybridized carbons (Fsp3) is 0.455. The number of nitrogens with zero attached hydrogens (tertiary/aromatic N) is 1. The Hall–Kier alpha value is -0.830. The molecule has 1 aliphatic rings. The maximum absolute atomic E-state index is 13.6. The van der Waals surface area contributed by atoms with Crippen LogP contribution in [-0.2, 0) is 10.0 Å². The molecule has 1 fully saturated rings. The third-order valence-corrected chi connectivity index (χ3v) is 4.81. The summed E-state index contributed by atoms with van der Waals surface area (Å²) in [5.74, 6) is -4.07. The second-order valence-electron chi connectivity index (χ2n) is 4.20. The minimum Gasteiger partial charge on any atom is -0.315 e. The number of hydrogen-bond acceptors (Lipinski definition) is 3. The summed E-state index contributed by atoms with van der Waals surface area (Å²) in [4.78, 5) is -0.826. The van der Waals surface area contributed by atoms with Crippen LogP contribution in [-0.4, -0.2) is 38.9 Å². The van der Waals surface area contributed by atoms with Gasteiger partial charge in [0.25, 0.3) is 0 Å². The number of hydrogen-bond donors (Lipinski definition) is 1. The van der Waals surface area contributed by atoms with E-state index in [1.54, 1.807) is 0 Å². The van der Waals surface area contributed by atoms with Crippen molar-refractivity contribution >= 4 is 22.4 Å². The summed E-state index contributed by atoms with van der Waals surface area (Å²) in [7, 11) is -4.14. The lowest BCUT2D eigenvalue weighted by molar-refractivity contribution is 0.423. The van der Waals surface area contributed by atoms with Gasteiger partial charge in [-0.2, -0.15) is 4.31 Å². The predicted molar refractivity (Wildman–Crippen MR) is 69.8 cm³/mol. The lowest BCUT2D eigenvalue weighted by atomic mass is 10.3. The van der Waals surface area contributed by atoms with Crippen LogP contribution in [0.2, 0.25) is 0 Å². The minimum absolute atomic E-state index is 0. The molecule has 2 rings (SSSR count). The van der Waals surface area contributed by atoms with Crippen molar-refractivity contribution in [3.8, 4) is 0 Å². The summed E-state index contributed by atoms with van der Waals surface area (Å²) in [5.41, 5.74) is 0. The average Bonchev–Trinajstić information content (AvgIpc) is 2.62. The van der Waals surface area contributed by atoms with Gasteiger partial charge in [-0.3, -0.25) is 0 Å². The summed E-state index contributed by atoms with van der Waals surface area (Å²) in [5, 5.41) is 3.00. The standard InChI is InChI=1S/C11H13F3N2O2S.ClH/c12-8-6-10(14)11(7-9(8)13)19(17,18)16-4-1-2-15-3-5-16;/h6-7,15H,1-5H2;1H. The van der Waals surface area contributed by atoms with E-state index in [1.165, 1.54) is 0 Å². The van der Waals surface area contributed by atoms with Crippen molar-refractivity contribution in [2.45, 2.75) is 11.3 Å². The first kappa shape index (κ1) is 17.2. The fourth-order valence-electron chi connectivity index (χ4n) is 1.90. The van der Waals surface area contributed by atoms with E-state index in [9.17, 15) is 21.6 Å². The summed E-state index contributed by atoms with van der Waals surface area (Å²) in [6, 6.07) is 0.636. The second kappa shape index (κ2) is 6.75. The summed E-state index contributed by atoms with van der Waals surface area (Å²) in [6.45, 7) is 1.48. The van der Waals surface area contributed by atoms with Gasteiger partial charge in [0.1, 0.15) is 10.7 Å². The van der Waals surface area contributed by atoms with E-state index in [4.69, 9.17) is 0 Å². The molecule has 0 radical (unpaired) electrons. The van der Waals surface area contributed by atoms with Gasteiger partial charge in [-0.1, -0.05) is 0 Å². The molecular weight excluding hydrogens is 317 g/mol. The number of halogens is 4. The molecule has 0 aromatic heterocycles. The van der Waals surface area contributed by atoms with Gasteiger partial charge in [0.2, 0.25) is 10.0 Å².